The molecule has 0 amide bonds. The molecule has 1 aromatic carbocycles. The van der Waals surface area contributed by atoms with E-state index < -0.39 is 0 Å². The fraction of sp³-hybridized carbons (Fsp3) is 0.421. The maximum atomic E-state index is 5.43. The van der Waals surface area contributed by atoms with Crippen LogP contribution in [-0.2, 0) is 19.4 Å². The van der Waals surface area contributed by atoms with Crippen LogP contribution in [0.4, 0.5) is 0 Å². The average Bonchev–Trinajstić information content (AvgIpc) is 3.31. The van der Waals surface area contributed by atoms with Crippen LogP contribution in [0.1, 0.15) is 41.5 Å². The fourth-order valence-electron chi connectivity index (χ4n) is 3.62. The Hall–Kier alpha value is -2.47. The SMILES string of the molecule is c1ccc(-c2nc(CN3CCc4[nH]nc(C5CC5)c4CC3)no2)cc1. The van der Waals surface area contributed by atoms with E-state index in [0.29, 0.717) is 11.8 Å². The first-order chi connectivity index (χ1) is 12.4. The molecule has 0 bridgehead atoms. The number of hydrogen-bond acceptors (Lipinski definition) is 5. The number of aromatic nitrogens is 4. The van der Waals surface area contributed by atoms with Crippen molar-refractivity contribution in [3.63, 3.8) is 0 Å². The van der Waals surface area contributed by atoms with Crippen molar-refractivity contribution >= 4 is 0 Å². The Morgan fingerprint density at radius 3 is 2.80 bits per heavy atom. The number of rotatable bonds is 4. The molecule has 1 fully saturated rings. The summed E-state index contributed by atoms with van der Waals surface area (Å²) in [4.78, 5) is 6.97. The van der Waals surface area contributed by atoms with Gasteiger partial charge in [0, 0.05) is 36.7 Å². The average molecular weight is 335 g/mol. The molecule has 128 valence electrons. The molecule has 0 saturated heterocycles. The van der Waals surface area contributed by atoms with Crippen molar-refractivity contribution in [3.05, 3.63) is 53.1 Å². The van der Waals surface area contributed by atoms with Gasteiger partial charge in [0.1, 0.15) is 0 Å². The highest BCUT2D eigenvalue weighted by molar-refractivity contribution is 5.51. The molecule has 3 heterocycles. The summed E-state index contributed by atoms with van der Waals surface area (Å²) in [7, 11) is 0. The summed E-state index contributed by atoms with van der Waals surface area (Å²) in [6, 6.07) is 9.92. The maximum absolute atomic E-state index is 5.43. The van der Waals surface area contributed by atoms with Gasteiger partial charge in [-0.25, -0.2) is 0 Å². The van der Waals surface area contributed by atoms with E-state index in [1.54, 1.807) is 0 Å². The van der Waals surface area contributed by atoms with Gasteiger partial charge in [-0.3, -0.25) is 10.00 Å². The van der Waals surface area contributed by atoms with E-state index in [1.807, 2.05) is 30.3 Å². The standard InChI is InChI=1S/C19H21N5O/c1-2-4-14(5-3-1)19-20-17(23-25-19)12-24-10-8-15-16(9-11-24)21-22-18(15)13-6-7-13/h1-5,13H,6-12H2,(H,21,22). The van der Waals surface area contributed by atoms with E-state index in [0.717, 1.165) is 43.9 Å². The number of aromatic amines is 1. The molecule has 1 aliphatic heterocycles. The first-order valence-electron chi connectivity index (χ1n) is 9.03. The highest BCUT2D eigenvalue weighted by Crippen LogP contribution is 2.41. The number of nitrogens with zero attached hydrogens (tertiary/aromatic N) is 4. The van der Waals surface area contributed by atoms with Gasteiger partial charge in [0.25, 0.3) is 5.89 Å². The molecule has 2 aliphatic rings. The minimum Gasteiger partial charge on any atom is -0.334 e. The van der Waals surface area contributed by atoms with Gasteiger partial charge in [0.15, 0.2) is 5.82 Å². The zero-order valence-electron chi connectivity index (χ0n) is 14.1. The van der Waals surface area contributed by atoms with Crippen LogP contribution >= 0.6 is 0 Å². The normalized spacial score (nSPS) is 18.1. The van der Waals surface area contributed by atoms with Crippen LogP contribution in [0, 0.1) is 0 Å². The number of fused-ring (bicyclic) bond motifs is 1. The highest BCUT2D eigenvalue weighted by atomic mass is 16.5. The molecular formula is C19H21N5O. The summed E-state index contributed by atoms with van der Waals surface area (Å²) in [6.07, 6.45) is 4.66. The first-order valence-corrected chi connectivity index (χ1v) is 9.03. The smallest absolute Gasteiger partial charge is 0.257 e. The first kappa shape index (κ1) is 14.8. The molecule has 0 atom stereocenters. The largest absolute Gasteiger partial charge is 0.334 e. The monoisotopic (exact) mass is 335 g/mol. The second kappa shape index (κ2) is 6.11. The van der Waals surface area contributed by atoms with Gasteiger partial charge in [-0.15, -0.1) is 0 Å². The summed E-state index contributed by atoms with van der Waals surface area (Å²) < 4.78 is 5.43. The van der Waals surface area contributed by atoms with E-state index in [4.69, 9.17) is 4.52 Å². The van der Waals surface area contributed by atoms with Gasteiger partial charge in [0.05, 0.1) is 12.2 Å². The molecule has 0 radical (unpaired) electrons. The van der Waals surface area contributed by atoms with Crippen LogP contribution in [0.5, 0.6) is 0 Å². The maximum Gasteiger partial charge on any atom is 0.257 e. The zero-order valence-corrected chi connectivity index (χ0v) is 14.1. The molecule has 25 heavy (non-hydrogen) atoms. The lowest BCUT2D eigenvalue weighted by Crippen LogP contribution is -2.26. The molecule has 1 N–H and O–H groups in total. The Bertz CT molecular complexity index is 865. The minimum atomic E-state index is 0.593. The molecule has 2 aromatic heterocycles. The van der Waals surface area contributed by atoms with Crippen molar-refractivity contribution < 1.29 is 4.52 Å². The van der Waals surface area contributed by atoms with Crippen LogP contribution in [0.3, 0.4) is 0 Å². The van der Waals surface area contributed by atoms with Gasteiger partial charge >= 0.3 is 0 Å². The quantitative estimate of drug-likeness (QED) is 0.794. The van der Waals surface area contributed by atoms with Crippen LogP contribution in [0.25, 0.3) is 11.5 Å². The van der Waals surface area contributed by atoms with E-state index in [1.165, 1.54) is 29.8 Å². The summed E-state index contributed by atoms with van der Waals surface area (Å²) >= 11 is 0. The summed E-state index contributed by atoms with van der Waals surface area (Å²) in [5, 5.41) is 12.0. The topological polar surface area (TPSA) is 70.8 Å². The molecule has 0 unspecified atom stereocenters. The lowest BCUT2D eigenvalue weighted by molar-refractivity contribution is 0.266. The van der Waals surface area contributed by atoms with Crippen molar-refractivity contribution in [2.24, 2.45) is 0 Å². The van der Waals surface area contributed by atoms with Gasteiger partial charge in [-0.2, -0.15) is 10.1 Å². The molecule has 6 nitrogen and oxygen atoms in total. The number of benzene rings is 1. The Morgan fingerprint density at radius 2 is 1.96 bits per heavy atom. The van der Waals surface area contributed by atoms with Gasteiger partial charge in [-0.05, 0) is 37.0 Å². The predicted octanol–water partition coefficient (Wildman–Crippen LogP) is 2.94. The van der Waals surface area contributed by atoms with Crippen LogP contribution in [0.15, 0.2) is 34.9 Å². The highest BCUT2D eigenvalue weighted by Gasteiger charge is 2.31. The minimum absolute atomic E-state index is 0.593. The van der Waals surface area contributed by atoms with Crippen LogP contribution < -0.4 is 0 Å². The van der Waals surface area contributed by atoms with E-state index in [9.17, 15) is 0 Å². The van der Waals surface area contributed by atoms with Crippen molar-refractivity contribution in [2.75, 3.05) is 13.1 Å². The molecule has 1 saturated carbocycles. The molecule has 3 aromatic rings. The Kier molecular flexibility index (Phi) is 3.63. The van der Waals surface area contributed by atoms with Gasteiger partial charge in [0.2, 0.25) is 0 Å². The fourth-order valence-corrected chi connectivity index (χ4v) is 3.62. The van der Waals surface area contributed by atoms with Crippen LogP contribution in [0.2, 0.25) is 0 Å². The van der Waals surface area contributed by atoms with Gasteiger partial charge in [-0.1, -0.05) is 23.4 Å². The van der Waals surface area contributed by atoms with E-state index in [2.05, 4.69) is 25.2 Å². The summed E-state index contributed by atoms with van der Waals surface area (Å²) in [5.74, 6) is 2.05. The van der Waals surface area contributed by atoms with Crippen molar-refractivity contribution in [3.8, 4) is 11.5 Å². The Balaban J connectivity index is 1.27. The van der Waals surface area contributed by atoms with E-state index >= 15 is 0 Å². The van der Waals surface area contributed by atoms with Crippen molar-refractivity contribution in [1.82, 2.24) is 25.2 Å². The molecule has 6 heteroatoms. The van der Waals surface area contributed by atoms with Gasteiger partial charge < -0.3 is 4.52 Å². The number of hydrogen-bond donors (Lipinski definition) is 1. The summed E-state index contributed by atoms with van der Waals surface area (Å²) in [5.41, 5.74) is 5.07. The van der Waals surface area contributed by atoms with Crippen molar-refractivity contribution in [1.29, 1.82) is 0 Å². The summed E-state index contributed by atoms with van der Waals surface area (Å²) in [6.45, 7) is 2.74. The zero-order chi connectivity index (χ0) is 16.6. The molecule has 0 spiro atoms. The lowest BCUT2D eigenvalue weighted by atomic mass is 10.1. The third-order valence-electron chi connectivity index (χ3n) is 5.16. The van der Waals surface area contributed by atoms with Crippen molar-refractivity contribution in [2.45, 2.75) is 38.1 Å². The van der Waals surface area contributed by atoms with E-state index in [-0.39, 0.29) is 0 Å². The predicted molar refractivity (Wildman–Crippen MR) is 93.0 cm³/mol. The second-order valence-corrected chi connectivity index (χ2v) is 7.00. The second-order valence-electron chi connectivity index (χ2n) is 7.00. The molecule has 1 aliphatic carbocycles. The third kappa shape index (κ3) is 2.98. The Labute approximate surface area is 146 Å². The third-order valence-corrected chi connectivity index (χ3v) is 5.16. The molecular weight excluding hydrogens is 314 g/mol. The lowest BCUT2D eigenvalue weighted by Gasteiger charge is -2.17. The number of nitrogens with one attached hydrogen (secondary N) is 1. The Morgan fingerprint density at radius 1 is 1.12 bits per heavy atom. The van der Waals surface area contributed by atoms with Crippen LogP contribution in [-0.4, -0.2) is 38.3 Å². The molecule has 5 rings (SSSR count). The number of H-pyrrole nitrogens is 1.